The number of nitrogens with one attached hydrogen (secondary N) is 3. The SMILES string of the molecule is CCc1ccc(S(=O)(=O)Nc2ccc(Nc3cc(C(F)(F)F)[nH]n3)c(C=O)c2)cc1. The number of anilines is 3. The molecule has 3 N–H and O–H groups in total. The van der Waals surface area contributed by atoms with Gasteiger partial charge in [0.25, 0.3) is 10.0 Å². The summed E-state index contributed by atoms with van der Waals surface area (Å²) in [7, 11) is -3.88. The molecule has 0 bridgehead atoms. The lowest BCUT2D eigenvalue weighted by atomic mass is 10.1. The van der Waals surface area contributed by atoms with E-state index in [2.05, 4.69) is 15.1 Å². The van der Waals surface area contributed by atoms with Crippen molar-refractivity contribution in [3.05, 3.63) is 65.4 Å². The molecule has 2 aromatic carbocycles. The first-order valence-corrected chi connectivity index (χ1v) is 10.2. The van der Waals surface area contributed by atoms with Crippen LogP contribution >= 0.6 is 0 Å². The van der Waals surface area contributed by atoms with Gasteiger partial charge in [0.15, 0.2) is 12.1 Å². The van der Waals surface area contributed by atoms with E-state index in [4.69, 9.17) is 0 Å². The van der Waals surface area contributed by atoms with Crippen LogP contribution in [-0.4, -0.2) is 24.9 Å². The molecule has 0 aliphatic heterocycles. The Kier molecular flexibility index (Phi) is 5.83. The van der Waals surface area contributed by atoms with E-state index in [9.17, 15) is 26.4 Å². The Morgan fingerprint density at radius 1 is 1.10 bits per heavy atom. The number of carbonyl (C=O) groups excluding carboxylic acids is 1. The van der Waals surface area contributed by atoms with Gasteiger partial charge in [0.2, 0.25) is 0 Å². The van der Waals surface area contributed by atoms with Gasteiger partial charge in [-0.2, -0.15) is 18.3 Å². The number of hydrogen-bond donors (Lipinski definition) is 3. The Balaban J connectivity index is 1.81. The molecule has 0 saturated heterocycles. The van der Waals surface area contributed by atoms with Gasteiger partial charge in [0, 0.05) is 17.3 Å². The fourth-order valence-corrected chi connectivity index (χ4v) is 3.67. The number of halogens is 3. The van der Waals surface area contributed by atoms with E-state index in [1.165, 1.54) is 30.3 Å². The Morgan fingerprint density at radius 2 is 1.80 bits per heavy atom. The molecular weight excluding hydrogens is 421 g/mol. The van der Waals surface area contributed by atoms with Crippen LogP contribution in [-0.2, 0) is 22.6 Å². The molecule has 158 valence electrons. The largest absolute Gasteiger partial charge is 0.432 e. The number of benzene rings is 2. The van der Waals surface area contributed by atoms with Crippen molar-refractivity contribution >= 4 is 33.5 Å². The Hall–Kier alpha value is -3.34. The molecule has 0 amide bonds. The molecule has 3 aromatic rings. The van der Waals surface area contributed by atoms with Gasteiger partial charge >= 0.3 is 6.18 Å². The number of aldehydes is 1. The molecule has 1 aromatic heterocycles. The molecule has 0 atom stereocenters. The maximum atomic E-state index is 12.7. The van der Waals surface area contributed by atoms with Crippen LogP contribution < -0.4 is 10.0 Å². The normalized spacial score (nSPS) is 11.9. The van der Waals surface area contributed by atoms with Crippen LogP contribution in [0.4, 0.5) is 30.4 Å². The number of hydrogen-bond acceptors (Lipinski definition) is 5. The lowest BCUT2D eigenvalue weighted by Gasteiger charge is -2.11. The first-order valence-electron chi connectivity index (χ1n) is 8.73. The summed E-state index contributed by atoms with van der Waals surface area (Å²) in [4.78, 5) is 11.5. The number of rotatable bonds is 7. The van der Waals surface area contributed by atoms with E-state index in [0.717, 1.165) is 18.1 Å². The fraction of sp³-hybridized carbons (Fsp3) is 0.158. The van der Waals surface area contributed by atoms with Crippen molar-refractivity contribution in [3.8, 4) is 0 Å². The average molecular weight is 438 g/mol. The second-order valence-corrected chi connectivity index (χ2v) is 7.99. The summed E-state index contributed by atoms with van der Waals surface area (Å²) < 4.78 is 65.4. The quantitative estimate of drug-likeness (QED) is 0.476. The molecule has 0 fully saturated rings. The second kappa shape index (κ2) is 8.19. The summed E-state index contributed by atoms with van der Waals surface area (Å²) in [5, 5.41) is 7.96. The number of aromatic amines is 1. The number of carbonyl (C=O) groups is 1. The summed E-state index contributed by atoms with van der Waals surface area (Å²) in [6.07, 6.45) is -3.36. The van der Waals surface area contributed by atoms with E-state index in [-0.39, 0.29) is 27.7 Å². The van der Waals surface area contributed by atoms with Crippen LogP contribution in [0.15, 0.2) is 53.4 Å². The molecular formula is C19H17F3N4O3S. The van der Waals surface area contributed by atoms with Gasteiger partial charge in [-0.3, -0.25) is 14.6 Å². The van der Waals surface area contributed by atoms with Crippen LogP contribution in [0, 0.1) is 0 Å². The molecule has 0 aliphatic carbocycles. The highest BCUT2D eigenvalue weighted by atomic mass is 32.2. The zero-order valence-corrected chi connectivity index (χ0v) is 16.4. The standard InChI is InChI=1S/C19H17F3N4O3S/c1-2-12-3-6-15(7-4-12)30(28,29)26-14-5-8-16(13(9-14)11-27)23-18-10-17(24-25-18)19(20,21)22/h3-11,26H,2H2,1H3,(H2,23,24,25). The average Bonchev–Trinajstić information content (AvgIpc) is 3.18. The third-order valence-electron chi connectivity index (χ3n) is 4.22. The van der Waals surface area contributed by atoms with E-state index in [1.54, 1.807) is 12.1 Å². The maximum absolute atomic E-state index is 12.7. The molecule has 0 saturated carbocycles. The third kappa shape index (κ3) is 4.79. The summed E-state index contributed by atoms with van der Waals surface area (Å²) >= 11 is 0. The van der Waals surface area contributed by atoms with Gasteiger partial charge in [0.1, 0.15) is 5.69 Å². The van der Waals surface area contributed by atoms with E-state index >= 15 is 0 Å². The third-order valence-corrected chi connectivity index (χ3v) is 5.62. The van der Waals surface area contributed by atoms with Gasteiger partial charge in [0.05, 0.1) is 10.6 Å². The van der Waals surface area contributed by atoms with Crippen LogP contribution in [0.5, 0.6) is 0 Å². The zero-order chi connectivity index (χ0) is 21.9. The molecule has 0 spiro atoms. The van der Waals surface area contributed by atoms with Gasteiger partial charge < -0.3 is 5.32 Å². The van der Waals surface area contributed by atoms with Crippen LogP contribution in [0.25, 0.3) is 0 Å². The minimum atomic E-state index is -4.59. The highest BCUT2D eigenvalue weighted by Crippen LogP contribution is 2.30. The maximum Gasteiger partial charge on any atom is 0.432 e. The minimum Gasteiger partial charge on any atom is -0.338 e. The molecule has 0 unspecified atom stereocenters. The van der Waals surface area contributed by atoms with Gasteiger partial charge in [-0.1, -0.05) is 19.1 Å². The number of aromatic nitrogens is 2. The van der Waals surface area contributed by atoms with Crippen LogP contribution in [0.2, 0.25) is 0 Å². The number of nitrogens with zero attached hydrogens (tertiary/aromatic N) is 1. The predicted octanol–water partition coefficient (Wildman–Crippen LogP) is 4.35. The second-order valence-electron chi connectivity index (χ2n) is 6.31. The first kappa shape index (κ1) is 21.4. The lowest BCUT2D eigenvalue weighted by molar-refractivity contribution is -0.141. The van der Waals surface area contributed by atoms with Crippen molar-refractivity contribution in [2.45, 2.75) is 24.4 Å². The van der Waals surface area contributed by atoms with Gasteiger partial charge in [-0.25, -0.2) is 8.42 Å². The van der Waals surface area contributed by atoms with Gasteiger partial charge in [-0.15, -0.1) is 0 Å². The molecule has 0 radical (unpaired) electrons. The van der Waals surface area contributed by atoms with E-state index < -0.39 is 21.9 Å². The van der Waals surface area contributed by atoms with Crippen molar-refractivity contribution in [2.75, 3.05) is 10.0 Å². The predicted molar refractivity (Wildman–Crippen MR) is 105 cm³/mol. The van der Waals surface area contributed by atoms with E-state index in [0.29, 0.717) is 6.29 Å². The smallest absolute Gasteiger partial charge is 0.338 e. The zero-order valence-electron chi connectivity index (χ0n) is 15.6. The molecule has 0 aliphatic rings. The number of alkyl halides is 3. The highest BCUT2D eigenvalue weighted by Gasteiger charge is 2.33. The fourth-order valence-electron chi connectivity index (χ4n) is 2.62. The topological polar surface area (TPSA) is 104 Å². The van der Waals surface area contributed by atoms with Crippen molar-refractivity contribution in [2.24, 2.45) is 0 Å². The molecule has 11 heteroatoms. The van der Waals surface area contributed by atoms with Crippen molar-refractivity contribution in [1.29, 1.82) is 0 Å². The van der Waals surface area contributed by atoms with Gasteiger partial charge in [-0.05, 0) is 42.3 Å². The number of sulfonamides is 1. The van der Waals surface area contributed by atoms with Crippen molar-refractivity contribution in [3.63, 3.8) is 0 Å². The Morgan fingerprint density at radius 3 is 2.37 bits per heavy atom. The highest BCUT2D eigenvalue weighted by molar-refractivity contribution is 7.92. The first-order chi connectivity index (χ1) is 14.1. The van der Waals surface area contributed by atoms with E-state index in [1.807, 2.05) is 12.0 Å². The Labute approximate surface area is 170 Å². The summed E-state index contributed by atoms with van der Waals surface area (Å²) in [6.45, 7) is 1.95. The number of aryl methyl sites for hydroxylation is 1. The summed E-state index contributed by atoms with van der Waals surface area (Å²) in [5.74, 6) is -0.144. The summed E-state index contributed by atoms with van der Waals surface area (Å²) in [5.41, 5.74) is 0.268. The van der Waals surface area contributed by atoms with Crippen LogP contribution in [0.3, 0.4) is 0 Å². The minimum absolute atomic E-state index is 0.0353. The number of H-pyrrole nitrogens is 1. The Bertz CT molecular complexity index is 1160. The lowest BCUT2D eigenvalue weighted by Crippen LogP contribution is -2.13. The van der Waals surface area contributed by atoms with Crippen molar-refractivity contribution in [1.82, 2.24) is 10.2 Å². The van der Waals surface area contributed by atoms with Crippen LogP contribution in [0.1, 0.15) is 28.5 Å². The monoisotopic (exact) mass is 438 g/mol. The molecule has 7 nitrogen and oxygen atoms in total. The molecule has 3 rings (SSSR count). The summed E-state index contributed by atoms with van der Waals surface area (Å²) in [6, 6.07) is 11.1. The molecule has 30 heavy (non-hydrogen) atoms. The van der Waals surface area contributed by atoms with Crippen molar-refractivity contribution < 1.29 is 26.4 Å². The molecule has 1 heterocycles.